The standard InChI is InChI=1S/C30H30N4O5/c1-2-23(20-10-5-3-6-11-20)31-25-26(30(38)34(29(25)37)21-12-7-4-8-13-21)32-24-15-9-14-22(27(24)35)28(36)33-16-18-39-19-17-33/h3-15,23,31-32,35H,2,16-19H2,1H3/t23-/m1/s1. The molecule has 2 aliphatic heterocycles. The second kappa shape index (κ2) is 11.4. The Morgan fingerprint density at radius 3 is 2.21 bits per heavy atom. The number of hydrogen-bond acceptors (Lipinski definition) is 7. The Bertz CT molecular complexity index is 1400. The minimum absolute atomic E-state index is 0.00972. The van der Waals surface area contributed by atoms with Crippen molar-refractivity contribution in [2.24, 2.45) is 0 Å². The van der Waals surface area contributed by atoms with E-state index in [1.54, 1.807) is 47.4 Å². The van der Waals surface area contributed by atoms with Gasteiger partial charge in [0.2, 0.25) is 0 Å². The molecule has 5 rings (SSSR count). The van der Waals surface area contributed by atoms with Crippen LogP contribution in [0.5, 0.6) is 5.75 Å². The van der Waals surface area contributed by atoms with Gasteiger partial charge in [-0.2, -0.15) is 0 Å². The largest absolute Gasteiger partial charge is 0.505 e. The molecule has 9 nitrogen and oxygen atoms in total. The number of para-hydroxylation sites is 2. The number of aromatic hydroxyl groups is 1. The fraction of sp³-hybridized carbons (Fsp3) is 0.233. The molecule has 9 heteroatoms. The van der Waals surface area contributed by atoms with Crippen molar-refractivity contribution in [3.8, 4) is 5.75 Å². The van der Waals surface area contributed by atoms with Crippen molar-refractivity contribution in [2.45, 2.75) is 19.4 Å². The summed E-state index contributed by atoms with van der Waals surface area (Å²) in [6, 6.07) is 22.8. The average Bonchev–Trinajstić information content (AvgIpc) is 3.21. The van der Waals surface area contributed by atoms with Gasteiger partial charge in [-0.05, 0) is 36.2 Å². The van der Waals surface area contributed by atoms with Crippen molar-refractivity contribution in [2.75, 3.05) is 36.5 Å². The van der Waals surface area contributed by atoms with Crippen LogP contribution in [0.4, 0.5) is 11.4 Å². The van der Waals surface area contributed by atoms with E-state index in [0.717, 1.165) is 10.5 Å². The van der Waals surface area contributed by atoms with Crippen LogP contribution in [0, 0.1) is 0 Å². The number of rotatable bonds is 8. The van der Waals surface area contributed by atoms with Crippen LogP contribution in [0.15, 0.2) is 90.3 Å². The number of imide groups is 1. The molecule has 0 radical (unpaired) electrons. The van der Waals surface area contributed by atoms with Gasteiger partial charge >= 0.3 is 0 Å². The monoisotopic (exact) mass is 526 g/mol. The molecule has 39 heavy (non-hydrogen) atoms. The van der Waals surface area contributed by atoms with E-state index in [2.05, 4.69) is 10.6 Å². The SMILES string of the molecule is CC[C@@H](NC1=C(Nc2cccc(C(=O)N3CCOCC3)c2O)C(=O)N(c2ccccc2)C1=O)c1ccccc1. The Hall–Kier alpha value is -4.63. The van der Waals surface area contributed by atoms with E-state index in [4.69, 9.17) is 4.74 Å². The third-order valence-corrected chi connectivity index (χ3v) is 6.85. The molecule has 1 saturated heterocycles. The highest BCUT2D eigenvalue weighted by Gasteiger charge is 2.41. The molecule has 2 heterocycles. The number of anilines is 2. The zero-order valence-electron chi connectivity index (χ0n) is 21.6. The fourth-order valence-corrected chi connectivity index (χ4v) is 4.76. The minimum Gasteiger partial charge on any atom is -0.505 e. The quantitative estimate of drug-likeness (QED) is 0.302. The lowest BCUT2D eigenvalue weighted by atomic mass is 10.0. The highest BCUT2D eigenvalue weighted by molar-refractivity contribution is 6.33. The number of benzene rings is 3. The van der Waals surface area contributed by atoms with Gasteiger partial charge in [0.15, 0.2) is 5.75 Å². The summed E-state index contributed by atoms with van der Waals surface area (Å²) in [5.74, 6) is -1.71. The van der Waals surface area contributed by atoms with Crippen LogP contribution in [0.3, 0.4) is 0 Å². The van der Waals surface area contributed by atoms with Gasteiger partial charge in [-0.15, -0.1) is 0 Å². The number of amides is 3. The molecule has 200 valence electrons. The number of ether oxygens (including phenoxy) is 1. The molecule has 0 saturated carbocycles. The normalized spacial score (nSPS) is 16.4. The first-order chi connectivity index (χ1) is 19.0. The molecule has 0 aromatic heterocycles. The molecule has 2 aliphatic rings. The van der Waals surface area contributed by atoms with Gasteiger partial charge in [0.05, 0.1) is 36.2 Å². The first-order valence-corrected chi connectivity index (χ1v) is 12.9. The van der Waals surface area contributed by atoms with Crippen molar-refractivity contribution in [1.82, 2.24) is 10.2 Å². The van der Waals surface area contributed by atoms with Crippen LogP contribution in [0.2, 0.25) is 0 Å². The summed E-state index contributed by atoms with van der Waals surface area (Å²) in [7, 11) is 0. The zero-order valence-corrected chi connectivity index (χ0v) is 21.6. The van der Waals surface area contributed by atoms with Gasteiger partial charge in [0, 0.05) is 13.1 Å². The molecule has 1 atom stereocenters. The fourth-order valence-electron chi connectivity index (χ4n) is 4.76. The predicted molar refractivity (Wildman–Crippen MR) is 147 cm³/mol. The molecule has 1 fully saturated rings. The van der Waals surface area contributed by atoms with Crippen LogP contribution < -0.4 is 15.5 Å². The number of phenols is 1. The van der Waals surface area contributed by atoms with E-state index in [9.17, 15) is 19.5 Å². The van der Waals surface area contributed by atoms with E-state index in [1.165, 1.54) is 6.07 Å². The average molecular weight is 527 g/mol. The first kappa shape index (κ1) is 26.0. The molecule has 3 N–H and O–H groups in total. The number of nitrogens with zero attached hydrogens (tertiary/aromatic N) is 2. The van der Waals surface area contributed by atoms with Crippen LogP contribution in [-0.2, 0) is 14.3 Å². The van der Waals surface area contributed by atoms with E-state index in [1.807, 2.05) is 37.3 Å². The van der Waals surface area contributed by atoms with Gasteiger partial charge in [0.25, 0.3) is 17.7 Å². The Kier molecular flexibility index (Phi) is 7.60. The summed E-state index contributed by atoms with van der Waals surface area (Å²) in [6.07, 6.45) is 0.655. The van der Waals surface area contributed by atoms with E-state index < -0.39 is 11.8 Å². The molecule has 3 aromatic rings. The van der Waals surface area contributed by atoms with Crippen molar-refractivity contribution in [3.05, 3.63) is 101 Å². The smallest absolute Gasteiger partial charge is 0.284 e. The van der Waals surface area contributed by atoms with E-state index in [-0.39, 0.29) is 40.3 Å². The van der Waals surface area contributed by atoms with Crippen LogP contribution in [0.25, 0.3) is 0 Å². The maximum Gasteiger partial charge on any atom is 0.284 e. The van der Waals surface area contributed by atoms with Crippen LogP contribution >= 0.6 is 0 Å². The lowest BCUT2D eigenvalue weighted by Crippen LogP contribution is -2.40. The summed E-state index contributed by atoms with van der Waals surface area (Å²) < 4.78 is 5.33. The lowest BCUT2D eigenvalue weighted by Gasteiger charge is -2.27. The van der Waals surface area contributed by atoms with Crippen molar-refractivity contribution < 1.29 is 24.2 Å². The molecule has 0 spiro atoms. The summed E-state index contributed by atoms with van der Waals surface area (Å²) in [5, 5.41) is 17.3. The maximum absolute atomic E-state index is 13.7. The summed E-state index contributed by atoms with van der Waals surface area (Å²) in [5.41, 5.74) is 1.72. The zero-order chi connectivity index (χ0) is 27.4. The number of hydrogen-bond donors (Lipinski definition) is 3. The van der Waals surface area contributed by atoms with Crippen molar-refractivity contribution in [1.29, 1.82) is 0 Å². The highest BCUT2D eigenvalue weighted by Crippen LogP contribution is 2.34. The third kappa shape index (κ3) is 5.21. The molecule has 3 aromatic carbocycles. The van der Waals surface area contributed by atoms with Gasteiger partial charge < -0.3 is 25.4 Å². The minimum atomic E-state index is -0.569. The van der Waals surface area contributed by atoms with E-state index >= 15 is 0 Å². The number of carbonyl (C=O) groups excluding carboxylic acids is 3. The van der Waals surface area contributed by atoms with E-state index in [0.29, 0.717) is 38.4 Å². The van der Waals surface area contributed by atoms with Gasteiger partial charge in [-0.1, -0.05) is 61.5 Å². The molecule has 0 bridgehead atoms. The van der Waals surface area contributed by atoms with Crippen molar-refractivity contribution >= 4 is 29.1 Å². The number of nitrogens with one attached hydrogen (secondary N) is 2. The highest BCUT2D eigenvalue weighted by atomic mass is 16.5. The lowest BCUT2D eigenvalue weighted by molar-refractivity contribution is -0.120. The number of carbonyl (C=O) groups is 3. The summed E-state index contributed by atoms with van der Waals surface area (Å²) in [6.45, 7) is 3.69. The molecule has 0 unspecified atom stereocenters. The predicted octanol–water partition coefficient (Wildman–Crippen LogP) is 3.80. The van der Waals surface area contributed by atoms with Gasteiger partial charge in [-0.25, -0.2) is 4.90 Å². The first-order valence-electron chi connectivity index (χ1n) is 12.9. The topological polar surface area (TPSA) is 111 Å². The number of phenolic OH excluding ortho intramolecular Hbond substituents is 1. The Morgan fingerprint density at radius 2 is 1.54 bits per heavy atom. The molecule has 0 aliphatic carbocycles. The van der Waals surface area contributed by atoms with Gasteiger partial charge in [-0.3, -0.25) is 14.4 Å². The Morgan fingerprint density at radius 1 is 0.897 bits per heavy atom. The third-order valence-electron chi connectivity index (χ3n) is 6.85. The Labute approximate surface area is 226 Å². The molecular weight excluding hydrogens is 496 g/mol. The van der Waals surface area contributed by atoms with Crippen LogP contribution in [0.1, 0.15) is 35.3 Å². The second-order valence-electron chi connectivity index (χ2n) is 9.28. The Balaban J connectivity index is 1.51. The second-order valence-corrected chi connectivity index (χ2v) is 9.28. The summed E-state index contributed by atoms with van der Waals surface area (Å²) in [4.78, 5) is 43.2. The van der Waals surface area contributed by atoms with Gasteiger partial charge in [0.1, 0.15) is 11.4 Å². The van der Waals surface area contributed by atoms with Crippen LogP contribution in [-0.4, -0.2) is 54.0 Å². The maximum atomic E-state index is 13.7. The summed E-state index contributed by atoms with van der Waals surface area (Å²) >= 11 is 0. The van der Waals surface area contributed by atoms with Crippen molar-refractivity contribution in [3.63, 3.8) is 0 Å². The molecular formula is C30H30N4O5. The number of morpholine rings is 1. The molecule has 3 amide bonds.